The number of hydrogen-bond acceptors (Lipinski definition) is 3. The highest BCUT2D eigenvalue weighted by Gasteiger charge is 2.17. The van der Waals surface area contributed by atoms with Gasteiger partial charge in [0.2, 0.25) is 0 Å². The van der Waals surface area contributed by atoms with E-state index >= 15 is 0 Å². The van der Waals surface area contributed by atoms with Crippen molar-refractivity contribution in [1.29, 1.82) is 0 Å². The Kier molecular flexibility index (Phi) is 5.55. The number of ether oxygens (including phenoxy) is 1. The fourth-order valence-corrected chi connectivity index (χ4v) is 2.79. The number of amides is 1. The van der Waals surface area contributed by atoms with Gasteiger partial charge in [0.1, 0.15) is 0 Å². The number of benzene rings is 1. The summed E-state index contributed by atoms with van der Waals surface area (Å²) in [5.74, 6) is -0.0654. The second kappa shape index (κ2) is 7.42. The van der Waals surface area contributed by atoms with E-state index in [4.69, 9.17) is 4.74 Å². The first kappa shape index (κ1) is 17.2. The van der Waals surface area contributed by atoms with Crippen LogP contribution in [0.4, 0.5) is 0 Å². The zero-order chi connectivity index (χ0) is 17.0. The maximum Gasteiger partial charge on any atom is 0.251 e. The Morgan fingerprint density at radius 1 is 1.35 bits per heavy atom. The minimum absolute atomic E-state index is 0.0275. The van der Waals surface area contributed by atoms with Gasteiger partial charge < -0.3 is 10.1 Å². The zero-order valence-electron chi connectivity index (χ0n) is 14.5. The van der Waals surface area contributed by atoms with Crippen molar-refractivity contribution in [2.75, 3.05) is 7.11 Å². The zero-order valence-corrected chi connectivity index (χ0v) is 14.5. The Balaban J connectivity index is 2.08. The van der Waals surface area contributed by atoms with Crippen LogP contribution in [0.1, 0.15) is 39.8 Å². The highest BCUT2D eigenvalue weighted by molar-refractivity contribution is 5.95. The van der Waals surface area contributed by atoms with Crippen molar-refractivity contribution >= 4 is 5.91 Å². The van der Waals surface area contributed by atoms with Crippen molar-refractivity contribution in [3.63, 3.8) is 0 Å². The fourth-order valence-electron chi connectivity index (χ4n) is 2.79. The van der Waals surface area contributed by atoms with Crippen molar-refractivity contribution in [2.45, 2.75) is 39.8 Å². The van der Waals surface area contributed by atoms with Crippen LogP contribution in [0.5, 0.6) is 0 Å². The molecular formula is C18H25N3O2. The van der Waals surface area contributed by atoms with Crippen LogP contribution in [0.15, 0.2) is 24.3 Å². The van der Waals surface area contributed by atoms with Crippen LogP contribution in [-0.2, 0) is 24.8 Å². The van der Waals surface area contributed by atoms with Gasteiger partial charge in [-0.1, -0.05) is 18.2 Å². The smallest absolute Gasteiger partial charge is 0.251 e. The average Bonchev–Trinajstić information content (AvgIpc) is 2.74. The van der Waals surface area contributed by atoms with Gasteiger partial charge in [0.05, 0.1) is 12.3 Å². The summed E-state index contributed by atoms with van der Waals surface area (Å²) in [5, 5.41) is 7.50. The minimum Gasteiger partial charge on any atom is -0.380 e. The maximum atomic E-state index is 12.5. The Morgan fingerprint density at radius 2 is 2.04 bits per heavy atom. The number of nitrogens with zero attached hydrogens (tertiary/aromatic N) is 2. The molecule has 0 fully saturated rings. The molecule has 1 N–H and O–H groups in total. The Labute approximate surface area is 137 Å². The monoisotopic (exact) mass is 315 g/mol. The quantitative estimate of drug-likeness (QED) is 0.891. The highest BCUT2D eigenvalue weighted by atomic mass is 16.5. The van der Waals surface area contributed by atoms with Gasteiger partial charge in [-0.05, 0) is 44.4 Å². The van der Waals surface area contributed by atoms with E-state index in [2.05, 4.69) is 17.3 Å². The van der Waals surface area contributed by atoms with Gasteiger partial charge >= 0.3 is 0 Å². The lowest BCUT2D eigenvalue weighted by atomic mass is 10.0. The summed E-state index contributed by atoms with van der Waals surface area (Å²) in [6, 6.07) is 7.56. The lowest BCUT2D eigenvalue weighted by Gasteiger charge is -2.16. The first-order valence-corrected chi connectivity index (χ1v) is 7.80. The number of hydrogen-bond donors (Lipinski definition) is 1. The third-order valence-corrected chi connectivity index (χ3v) is 4.11. The molecule has 0 unspecified atom stereocenters. The van der Waals surface area contributed by atoms with Crippen LogP contribution in [0.25, 0.3) is 0 Å². The van der Waals surface area contributed by atoms with E-state index in [1.54, 1.807) is 7.11 Å². The van der Waals surface area contributed by atoms with Crippen LogP contribution in [0, 0.1) is 13.8 Å². The Morgan fingerprint density at radius 3 is 2.65 bits per heavy atom. The topological polar surface area (TPSA) is 56.1 Å². The van der Waals surface area contributed by atoms with E-state index in [1.807, 2.05) is 49.8 Å². The lowest BCUT2D eigenvalue weighted by molar-refractivity contribution is 0.0935. The first-order valence-electron chi connectivity index (χ1n) is 7.80. The minimum atomic E-state index is -0.0654. The third kappa shape index (κ3) is 3.99. The van der Waals surface area contributed by atoms with Gasteiger partial charge in [-0.15, -0.1) is 0 Å². The molecule has 0 aliphatic carbocycles. The highest BCUT2D eigenvalue weighted by Crippen LogP contribution is 2.15. The summed E-state index contributed by atoms with van der Waals surface area (Å²) in [6.45, 7) is 6.50. The van der Waals surface area contributed by atoms with Crippen LogP contribution in [-0.4, -0.2) is 28.8 Å². The van der Waals surface area contributed by atoms with Gasteiger partial charge in [-0.25, -0.2) is 0 Å². The molecule has 2 aromatic rings. The number of carbonyl (C=O) groups excluding carboxylic acids is 1. The van der Waals surface area contributed by atoms with Crippen LogP contribution < -0.4 is 5.32 Å². The second-order valence-electron chi connectivity index (χ2n) is 5.94. The molecule has 2 rings (SSSR count). The summed E-state index contributed by atoms with van der Waals surface area (Å²) < 4.78 is 7.04. The largest absolute Gasteiger partial charge is 0.380 e. The molecule has 5 nitrogen and oxygen atoms in total. The molecule has 0 spiro atoms. The third-order valence-electron chi connectivity index (χ3n) is 4.11. The second-order valence-corrected chi connectivity index (χ2v) is 5.94. The normalized spacial score (nSPS) is 12.2. The molecule has 1 aromatic heterocycles. The van der Waals surface area contributed by atoms with Crippen molar-refractivity contribution in [2.24, 2.45) is 7.05 Å². The number of aromatic nitrogens is 2. The molecule has 0 aliphatic heterocycles. The van der Waals surface area contributed by atoms with Gasteiger partial charge in [-0.3, -0.25) is 9.48 Å². The number of aryl methyl sites for hydroxylation is 2. The van der Waals surface area contributed by atoms with E-state index in [-0.39, 0.29) is 11.9 Å². The van der Waals surface area contributed by atoms with Gasteiger partial charge in [-0.2, -0.15) is 5.10 Å². The maximum absolute atomic E-state index is 12.5. The van der Waals surface area contributed by atoms with Crippen molar-refractivity contribution in [1.82, 2.24) is 15.1 Å². The summed E-state index contributed by atoms with van der Waals surface area (Å²) in [4.78, 5) is 12.5. The van der Waals surface area contributed by atoms with E-state index in [0.29, 0.717) is 12.2 Å². The fraction of sp³-hybridized carbons (Fsp3) is 0.444. The number of methoxy groups -OCH3 is 1. The molecule has 1 atom stereocenters. The Bertz CT molecular complexity index is 692. The molecule has 0 saturated carbocycles. The summed E-state index contributed by atoms with van der Waals surface area (Å²) in [7, 11) is 3.57. The molecule has 1 heterocycles. The lowest BCUT2D eigenvalue weighted by Crippen LogP contribution is -2.34. The van der Waals surface area contributed by atoms with Crippen LogP contribution in [0.3, 0.4) is 0 Å². The SMILES string of the molecule is COCc1ccccc1C(=O)N[C@H](C)Cc1c(C)nn(C)c1C. The number of carbonyl (C=O) groups is 1. The van der Waals surface area contributed by atoms with E-state index in [1.165, 1.54) is 5.56 Å². The molecule has 0 aliphatic rings. The van der Waals surface area contributed by atoms with Crippen molar-refractivity contribution in [3.8, 4) is 0 Å². The first-order chi connectivity index (χ1) is 10.9. The number of rotatable bonds is 6. The van der Waals surface area contributed by atoms with Gasteiger partial charge in [0, 0.05) is 31.5 Å². The predicted molar refractivity (Wildman–Crippen MR) is 90.5 cm³/mol. The van der Waals surface area contributed by atoms with Gasteiger partial charge in [0.15, 0.2) is 0 Å². The standard InChI is InChI=1S/C18H25N3O2/c1-12(10-17-13(2)20-21(4)14(17)3)19-18(22)16-9-7-6-8-15(16)11-23-5/h6-9,12H,10-11H2,1-5H3,(H,19,22)/t12-/m1/s1. The summed E-state index contributed by atoms with van der Waals surface area (Å²) in [5.41, 5.74) is 4.93. The molecule has 5 heteroatoms. The summed E-state index contributed by atoms with van der Waals surface area (Å²) in [6.07, 6.45) is 0.768. The molecule has 0 bridgehead atoms. The molecule has 1 amide bonds. The van der Waals surface area contributed by atoms with Gasteiger partial charge in [0.25, 0.3) is 5.91 Å². The van der Waals surface area contributed by atoms with Crippen LogP contribution >= 0.6 is 0 Å². The number of nitrogens with one attached hydrogen (secondary N) is 1. The summed E-state index contributed by atoms with van der Waals surface area (Å²) >= 11 is 0. The van der Waals surface area contributed by atoms with Crippen molar-refractivity contribution < 1.29 is 9.53 Å². The van der Waals surface area contributed by atoms with Crippen molar-refractivity contribution in [3.05, 3.63) is 52.3 Å². The van der Waals surface area contributed by atoms with E-state index < -0.39 is 0 Å². The Hall–Kier alpha value is -2.14. The predicted octanol–water partition coefficient (Wildman–Crippen LogP) is 2.54. The molecule has 0 radical (unpaired) electrons. The molecule has 124 valence electrons. The molecule has 23 heavy (non-hydrogen) atoms. The molecular weight excluding hydrogens is 290 g/mol. The molecule has 1 aromatic carbocycles. The average molecular weight is 315 g/mol. The van der Waals surface area contributed by atoms with E-state index in [0.717, 1.165) is 23.4 Å². The van der Waals surface area contributed by atoms with Crippen LogP contribution in [0.2, 0.25) is 0 Å². The molecule has 0 saturated heterocycles. The van der Waals surface area contributed by atoms with E-state index in [9.17, 15) is 4.79 Å².